The summed E-state index contributed by atoms with van der Waals surface area (Å²) in [5.74, 6) is 0.537. The fourth-order valence-electron chi connectivity index (χ4n) is 3.79. The maximum absolute atomic E-state index is 12.7. The molecule has 0 atom stereocenters. The Labute approximate surface area is 201 Å². The van der Waals surface area contributed by atoms with Gasteiger partial charge < -0.3 is 9.88 Å². The molecule has 0 unspecified atom stereocenters. The van der Waals surface area contributed by atoms with E-state index in [1.165, 1.54) is 6.07 Å². The number of hydrogen-bond donors (Lipinski definition) is 1. The number of aryl methyl sites for hydroxylation is 2. The van der Waals surface area contributed by atoms with E-state index < -0.39 is 0 Å². The predicted octanol–water partition coefficient (Wildman–Crippen LogP) is 5.94. The van der Waals surface area contributed by atoms with Crippen LogP contribution in [0.5, 0.6) is 0 Å². The van der Waals surface area contributed by atoms with Crippen molar-refractivity contribution in [2.24, 2.45) is 0 Å². The Hall–Kier alpha value is -3.78. The van der Waals surface area contributed by atoms with Crippen molar-refractivity contribution in [1.29, 1.82) is 0 Å². The van der Waals surface area contributed by atoms with E-state index in [9.17, 15) is 14.9 Å². The van der Waals surface area contributed by atoms with Crippen LogP contribution in [-0.2, 0) is 13.0 Å². The molecule has 34 heavy (non-hydrogen) atoms. The standard InChI is InChI=1S/C25H24ClN5O3/c1-3-4-9-23-28-21-14-20(29-25(32)17-10-12-19(26)13-11-17)16(2)27-24(21)30(23)15-18-7-5-6-8-22(18)31(33)34/h5-8,10-14H,3-4,9,15H2,1-2H3,(H,29,32). The molecule has 0 radical (unpaired) electrons. The number of unbranched alkanes of at least 4 members (excludes halogenated alkanes) is 1. The molecular formula is C25H24ClN5O3. The van der Waals surface area contributed by atoms with E-state index in [2.05, 4.69) is 12.2 Å². The van der Waals surface area contributed by atoms with Gasteiger partial charge in [0.1, 0.15) is 11.3 Å². The second-order valence-corrected chi connectivity index (χ2v) is 8.47. The molecule has 2 aromatic carbocycles. The van der Waals surface area contributed by atoms with Crippen molar-refractivity contribution in [2.75, 3.05) is 5.32 Å². The Morgan fingerprint density at radius 3 is 2.59 bits per heavy atom. The molecule has 4 rings (SSSR count). The Balaban J connectivity index is 1.73. The van der Waals surface area contributed by atoms with Crippen LogP contribution in [0.4, 0.5) is 11.4 Å². The third kappa shape index (κ3) is 4.92. The Bertz CT molecular complexity index is 1370. The van der Waals surface area contributed by atoms with Crippen molar-refractivity contribution in [1.82, 2.24) is 14.5 Å². The highest BCUT2D eigenvalue weighted by Crippen LogP contribution is 2.26. The van der Waals surface area contributed by atoms with E-state index in [1.54, 1.807) is 48.5 Å². The maximum Gasteiger partial charge on any atom is 0.274 e. The number of amides is 1. The number of nitrogens with zero attached hydrogens (tertiary/aromatic N) is 4. The molecule has 8 nitrogen and oxygen atoms in total. The number of carbonyl (C=O) groups excluding carboxylic acids is 1. The van der Waals surface area contributed by atoms with Crippen LogP contribution < -0.4 is 5.32 Å². The number of fused-ring (bicyclic) bond motifs is 1. The SMILES string of the molecule is CCCCc1nc2cc(NC(=O)c3ccc(Cl)cc3)c(C)nc2n1Cc1ccccc1[N+](=O)[O-]. The van der Waals surface area contributed by atoms with Crippen molar-refractivity contribution in [3.05, 3.63) is 92.4 Å². The molecule has 0 aliphatic carbocycles. The summed E-state index contributed by atoms with van der Waals surface area (Å²) in [6, 6.07) is 15.1. The zero-order valence-corrected chi connectivity index (χ0v) is 19.7. The summed E-state index contributed by atoms with van der Waals surface area (Å²) in [6.45, 7) is 4.20. The number of halogens is 1. The van der Waals surface area contributed by atoms with E-state index in [0.717, 1.165) is 25.1 Å². The molecule has 0 spiro atoms. The smallest absolute Gasteiger partial charge is 0.274 e. The van der Waals surface area contributed by atoms with E-state index >= 15 is 0 Å². The monoisotopic (exact) mass is 477 g/mol. The topological polar surface area (TPSA) is 103 Å². The second kappa shape index (κ2) is 10.0. The third-order valence-electron chi connectivity index (χ3n) is 5.62. The number of nitro benzene ring substituents is 1. The first-order chi connectivity index (χ1) is 16.4. The molecule has 174 valence electrons. The number of nitrogens with one attached hydrogen (secondary N) is 1. The number of benzene rings is 2. The number of hydrogen-bond acceptors (Lipinski definition) is 5. The maximum atomic E-state index is 12.7. The fourth-order valence-corrected chi connectivity index (χ4v) is 3.92. The Morgan fingerprint density at radius 1 is 1.15 bits per heavy atom. The zero-order chi connectivity index (χ0) is 24.2. The highest BCUT2D eigenvalue weighted by atomic mass is 35.5. The van der Waals surface area contributed by atoms with Gasteiger partial charge in [0.2, 0.25) is 0 Å². The fraction of sp³-hybridized carbons (Fsp3) is 0.240. The quantitative estimate of drug-likeness (QED) is 0.249. The number of anilines is 1. The number of rotatable bonds is 8. The lowest BCUT2D eigenvalue weighted by atomic mass is 10.1. The Kier molecular flexibility index (Phi) is 6.88. The first-order valence-electron chi connectivity index (χ1n) is 11.0. The molecule has 2 aromatic heterocycles. The summed E-state index contributed by atoms with van der Waals surface area (Å²) < 4.78 is 1.94. The number of aromatic nitrogens is 3. The van der Waals surface area contributed by atoms with Crippen LogP contribution in [0.3, 0.4) is 0 Å². The molecule has 0 saturated heterocycles. The van der Waals surface area contributed by atoms with Crippen LogP contribution in [0.2, 0.25) is 5.02 Å². The third-order valence-corrected chi connectivity index (χ3v) is 5.87. The zero-order valence-electron chi connectivity index (χ0n) is 18.9. The minimum atomic E-state index is -0.372. The second-order valence-electron chi connectivity index (χ2n) is 8.03. The number of nitro groups is 1. The normalized spacial score (nSPS) is 11.0. The lowest BCUT2D eigenvalue weighted by Crippen LogP contribution is -2.13. The van der Waals surface area contributed by atoms with Crippen molar-refractivity contribution >= 4 is 40.0 Å². The van der Waals surface area contributed by atoms with Gasteiger partial charge in [-0.05, 0) is 43.7 Å². The summed E-state index contributed by atoms with van der Waals surface area (Å²) in [5.41, 5.74) is 3.58. The van der Waals surface area contributed by atoms with Crippen LogP contribution in [0, 0.1) is 17.0 Å². The van der Waals surface area contributed by atoms with Gasteiger partial charge in [0, 0.05) is 28.6 Å². The van der Waals surface area contributed by atoms with Crippen LogP contribution in [0.1, 0.15) is 47.2 Å². The minimum absolute atomic E-state index is 0.0642. The first kappa shape index (κ1) is 23.4. The van der Waals surface area contributed by atoms with E-state index in [4.69, 9.17) is 21.6 Å². The largest absolute Gasteiger partial charge is 0.320 e. The van der Waals surface area contributed by atoms with Gasteiger partial charge in [0.05, 0.1) is 22.8 Å². The van der Waals surface area contributed by atoms with Crippen LogP contribution in [-0.4, -0.2) is 25.4 Å². The first-order valence-corrected chi connectivity index (χ1v) is 11.4. The van der Waals surface area contributed by atoms with Gasteiger partial charge in [-0.2, -0.15) is 0 Å². The van der Waals surface area contributed by atoms with Crippen molar-refractivity contribution in [3.8, 4) is 0 Å². The molecule has 1 N–H and O–H groups in total. The summed E-state index contributed by atoms with van der Waals surface area (Å²) in [7, 11) is 0. The van der Waals surface area contributed by atoms with E-state index in [0.29, 0.717) is 38.7 Å². The molecule has 0 saturated carbocycles. The summed E-state index contributed by atoms with van der Waals surface area (Å²) in [6.07, 6.45) is 2.64. The predicted molar refractivity (Wildman–Crippen MR) is 132 cm³/mol. The number of para-hydroxylation sites is 1. The van der Waals surface area contributed by atoms with Gasteiger partial charge in [0.25, 0.3) is 11.6 Å². The van der Waals surface area contributed by atoms with Gasteiger partial charge in [-0.15, -0.1) is 0 Å². The van der Waals surface area contributed by atoms with Gasteiger partial charge >= 0.3 is 0 Å². The highest BCUT2D eigenvalue weighted by molar-refractivity contribution is 6.30. The lowest BCUT2D eigenvalue weighted by Gasteiger charge is -2.11. The average Bonchev–Trinajstić information content (AvgIpc) is 3.14. The molecule has 0 bridgehead atoms. The Morgan fingerprint density at radius 2 is 1.88 bits per heavy atom. The van der Waals surface area contributed by atoms with Crippen molar-refractivity contribution in [3.63, 3.8) is 0 Å². The number of imidazole rings is 1. The van der Waals surface area contributed by atoms with Crippen LogP contribution in [0.25, 0.3) is 11.2 Å². The van der Waals surface area contributed by atoms with E-state index in [1.807, 2.05) is 11.5 Å². The number of pyridine rings is 1. The van der Waals surface area contributed by atoms with Gasteiger partial charge in [-0.1, -0.05) is 43.1 Å². The van der Waals surface area contributed by atoms with Crippen LogP contribution in [0.15, 0.2) is 54.6 Å². The van der Waals surface area contributed by atoms with Gasteiger partial charge in [-0.25, -0.2) is 9.97 Å². The van der Waals surface area contributed by atoms with E-state index in [-0.39, 0.29) is 23.1 Å². The van der Waals surface area contributed by atoms with Gasteiger partial charge in [0.15, 0.2) is 5.65 Å². The van der Waals surface area contributed by atoms with Crippen molar-refractivity contribution in [2.45, 2.75) is 39.7 Å². The highest BCUT2D eigenvalue weighted by Gasteiger charge is 2.19. The summed E-state index contributed by atoms with van der Waals surface area (Å²) >= 11 is 5.92. The van der Waals surface area contributed by atoms with Crippen molar-refractivity contribution < 1.29 is 9.72 Å². The molecule has 0 aliphatic heterocycles. The summed E-state index contributed by atoms with van der Waals surface area (Å²) in [4.78, 5) is 33.4. The minimum Gasteiger partial charge on any atom is -0.320 e. The molecule has 2 heterocycles. The summed E-state index contributed by atoms with van der Waals surface area (Å²) in [5, 5.41) is 15.0. The molecule has 9 heteroatoms. The molecule has 0 aliphatic rings. The molecule has 4 aromatic rings. The van der Waals surface area contributed by atoms with Crippen LogP contribution >= 0.6 is 11.6 Å². The number of carbonyl (C=O) groups is 1. The van der Waals surface area contributed by atoms with Gasteiger partial charge in [-0.3, -0.25) is 14.9 Å². The molecule has 0 fully saturated rings. The average molecular weight is 478 g/mol. The lowest BCUT2D eigenvalue weighted by molar-refractivity contribution is -0.385. The molecule has 1 amide bonds. The molecular weight excluding hydrogens is 454 g/mol.